The summed E-state index contributed by atoms with van der Waals surface area (Å²) in [6, 6.07) is 29.3. The van der Waals surface area contributed by atoms with Gasteiger partial charge in [-0.2, -0.15) is 0 Å². The van der Waals surface area contributed by atoms with Crippen molar-refractivity contribution in [3.63, 3.8) is 0 Å². The van der Waals surface area contributed by atoms with Crippen molar-refractivity contribution in [2.45, 2.75) is 90.9 Å². The number of H-pyrrole nitrogens is 1. The minimum absolute atomic E-state index is 0.177. The van der Waals surface area contributed by atoms with Gasteiger partial charge in [-0.3, -0.25) is 19.2 Å². The van der Waals surface area contributed by atoms with Crippen molar-refractivity contribution in [1.82, 2.24) is 19.1 Å². The third-order valence-electron chi connectivity index (χ3n) is 8.94. The second-order valence-corrected chi connectivity index (χ2v) is 16.0. The molecular weight excluding hydrogens is 663 g/mol. The molecule has 1 aromatic heterocycles. The van der Waals surface area contributed by atoms with E-state index in [1.165, 1.54) is 4.57 Å². The Balaban J connectivity index is 1.68. The standard InChI is InChI=1S/C40H53N4O6P/c1-28(2)44(29(3)4)51(50-39(6,7)8)48-27-35-25-42(26-36(49-35)43-24-30(5)37(45)41-38(43)46)40(31-16-12-10-13-17-31,32-18-14-11-15-19-32)33-20-22-34(47-9)23-21-33/h10-24,28-29,35-36H,25-27H2,1-9H3,(H,41,45,46)/t35?,36-,51?/m1/s1. The van der Waals surface area contributed by atoms with Crippen molar-refractivity contribution in [3.05, 3.63) is 134 Å². The molecule has 0 amide bonds. The Morgan fingerprint density at radius 2 is 1.41 bits per heavy atom. The molecule has 3 aromatic carbocycles. The van der Waals surface area contributed by atoms with Gasteiger partial charge >= 0.3 is 5.69 Å². The van der Waals surface area contributed by atoms with Crippen LogP contribution in [0, 0.1) is 6.92 Å². The fourth-order valence-electron chi connectivity index (χ4n) is 6.87. The molecule has 2 heterocycles. The summed E-state index contributed by atoms with van der Waals surface area (Å²) in [5.41, 5.74) is 1.34. The van der Waals surface area contributed by atoms with Crippen LogP contribution in [0.1, 0.15) is 76.9 Å². The maximum Gasteiger partial charge on any atom is 0.330 e. The Morgan fingerprint density at radius 3 is 1.92 bits per heavy atom. The van der Waals surface area contributed by atoms with Gasteiger partial charge in [0.1, 0.15) is 5.75 Å². The van der Waals surface area contributed by atoms with E-state index in [0.29, 0.717) is 18.7 Å². The number of aromatic nitrogens is 2. The maximum atomic E-state index is 13.4. The molecule has 11 heteroatoms. The fourth-order valence-corrected chi connectivity index (χ4v) is 8.67. The molecule has 51 heavy (non-hydrogen) atoms. The largest absolute Gasteiger partial charge is 0.497 e. The van der Waals surface area contributed by atoms with Crippen molar-refractivity contribution >= 4 is 8.53 Å². The first-order chi connectivity index (χ1) is 24.2. The number of hydrogen-bond donors (Lipinski definition) is 1. The third-order valence-corrected chi connectivity index (χ3v) is 11.3. The average molecular weight is 717 g/mol. The lowest BCUT2D eigenvalue weighted by molar-refractivity contribution is -0.149. The van der Waals surface area contributed by atoms with Gasteiger partial charge < -0.3 is 18.5 Å². The van der Waals surface area contributed by atoms with Crippen LogP contribution in [0.4, 0.5) is 0 Å². The summed E-state index contributed by atoms with van der Waals surface area (Å²) in [5, 5.41) is 0. The summed E-state index contributed by atoms with van der Waals surface area (Å²) < 4.78 is 29.5. The van der Waals surface area contributed by atoms with Crippen molar-refractivity contribution in [2.24, 2.45) is 0 Å². The SMILES string of the molecule is COc1ccc(C(c2ccccc2)(c2ccccc2)N2CC(COP(OC(C)(C)C)N(C(C)C)C(C)C)O[C@@H](n3cc(C)c(=O)[nH]c3=O)C2)cc1. The molecule has 3 atom stereocenters. The number of aryl methyl sites for hydroxylation is 1. The lowest BCUT2D eigenvalue weighted by Crippen LogP contribution is -2.58. The Bertz CT molecular complexity index is 1770. The molecule has 1 aliphatic rings. The van der Waals surface area contributed by atoms with Gasteiger partial charge in [0.15, 0.2) is 6.23 Å². The molecule has 10 nitrogen and oxygen atoms in total. The predicted octanol–water partition coefficient (Wildman–Crippen LogP) is 7.22. The average Bonchev–Trinajstić information content (AvgIpc) is 3.09. The molecule has 4 aromatic rings. The van der Waals surface area contributed by atoms with Gasteiger partial charge in [-0.1, -0.05) is 72.8 Å². The van der Waals surface area contributed by atoms with Gasteiger partial charge in [0.05, 0.1) is 31.0 Å². The smallest absolute Gasteiger partial charge is 0.330 e. The van der Waals surface area contributed by atoms with E-state index in [4.69, 9.17) is 18.5 Å². The molecule has 1 aliphatic heterocycles. The van der Waals surface area contributed by atoms with E-state index < -0.39 is 43.2 Å². The van der Waals surface area contributed by atoms with Crippen LogP contribution >= 0.6 is 8.53 Å². The number of ether oxygens (including phenoxy) is 2. The van der Waals surface area contributed by atoms with Crippen LogP contribution in [0.25, 0.3) is 0 Å². The van der Waals surface area contributed by atoms with Crippen LogP contribution in [0.3, 0.4) is 0 Å². The summed E-state index contributed by atoms with van der Waals surface area (Å²) >= 11 is 0. The second kappa shape index (κ2) is 16.4. The highest BCUT2D eigenvalue weighted by Crippen LogP contribution is 2.50. The van der Waals surface area contributed by atoms with Crippen LogP contribution in [0.2, 0.25) is 0 Å². The topological polar surface area (TPSA) is 98.3 Å². The first kappa shape index (κ1) is 38.6. The predicted molar refractivity (Wildman–Crippen MR) is 203 cm³/mol. The van der Waals surface area contributed by atoms with E-state index in [2.05, 4.69) is 78.6 Å². The van der Waals surface area contributed by atoms with Crippen molar-refractivity contribution in [2.75, 3.05) is 26.8 Å². The summed E-state index contributed by atoms with van der Waals surface area (Å²) in [5.74, 6) is 0.752. The van der Waals surface area contributed by atoms with Gasteiger partial charge in [0.2, 0.25) is 0 Å². The zero-order valence-electron chi connectivity index (χ0n) is 31.3. The van der Waals surface area contributed by atoms with Crippen LogP contribution in [0.5, 0.6) is 5.75 Å². The quantitative estimate of drug-likeness (QED) is 0.114. The van der Waals surface area contributed by atoms with E-state index >= 15 is 0 Å². The van der Waals surface area contributed by atoms with Gasteiger partial charge in [0.25, 0.3) is 14.1 Å². The highest BCUT2D eigenvalue weighted by atomic mass is 31.2. The van der Waals surface area contributed by atoms with Crippen LogP contribution < -0.4 is 16.0 Å². The molecule has 1 N–H and O–H groups in total. The Labute approximate surface area is 303 Å². The lowest BCUT2D eigenvalue weighted by Gasteiger charge is -2.50. The number of morpholine rings is 1. The molecule has 0 radical (unpaired) electrons. The number of aromatic amines is 1. The Hall–Kier alpha value is -3.63. The molecule has 274 valence electrons. The van der Waals surface area contributed by atoms with E-state index in [1.54, 1.807) is 20.2 Å². The van der Waals surface area contributed by atoms with Gasteiger partial charge in [-0.25, -0.2) is 9.46 Å². The highest BCUT2D eigenvalue weighted by molar-refractivity contribution is 7.44. The minimum Gasteiger partial charge on any atom is -0.497 e. The molecule has 0 saturated carbocycles. The van der Waals surface area contributed by atoms with E-state index in [0.717, 1.165) is 22.4 Å². The van der Waals surface area contributed by atoms with Crippen molar-refractivity contribution in [3.8, 4) is 5.75 Å². The van der Waals surface area contributed by atoms with Crippen LogP contribution in [0.15, 0.2) is 101 Å². The molecule has 5 rings (SSSR count). The molecule has 1 saturated heterocycles. The molecular formula is C40H53N4O6P. The number of hydrogen-bond acceptors (Lipinski definition) is 8. The van der Waals surface area contributed by atoms with Crippen molar-refractivity contribution < 1.29 is 18.5 Å². The van der Waals surface area contributed by atoms with Crippen molar-refractivity contribution in [1.29, 1.82) is 0 Å². The van der Waals surface area contributed by atoms with E-state index in [-0.39, 0.29) is 18.7 Å². The molecule has 1 fully saturated rings. The highest BCUT2D eigenvalue weighted by Gasteiger charge is 2.47. The maximum absolute atomic E-state index is 13.4. The van der Waals surface area contributed by atoms with Gasteiger partial charge in [-0.05, 0) is 84.2 Å². The lowest BCUT2D eigenvalue weighted by atomic mass is 9.75. The third kappa shape index (κ3) is 8.71. The molecule has 2 unspecified atom stereocenters. The first-order valence-corrected chi connectivity index (χ1v) is 18.8. The van der Waals surface area contributed by atoms with Crippen LogP contribution in [-0.2, 0) is 19.3 Å². The summed E-state index contributed by atoms with van der Waals surface area (Å²) in [7, 11) is 0.188. The summed E-state index contributed by atoms with van der Waals surface area (Å²) in [6.07, 6.45) is 0.353. The zero-order chi connectivity index (χ0) is 36.9. The molecule has 0 aliphatic carbocycles. The number of nitrogens with zero attached hydrogens (tertiary/aromatic N) is 3. The van der Waals surface area contributed by atoms with Gasteiger partial charge in [-0.15, -0.1) is 0 Å². The number of rotatable bonds is 13. The van der Waals surface area contributed by atoms with Crippen LogP contribution in [-0.4, -0.2) is 69.7 Å². The van der Waals surface area contributed by atoms with Gasteiger partial charge in [0, 0.05) is 36.9 Å². The fraction of sp³-hybridized carbons (Fsp3) is 0.450. The minimum atomic E-state index is -1.47. The molecule has 0 spiro atoms. The number of nitrogens with one attached hydrogen (secondary N) is 1. The van der Waals surface area contributed by atoms with E-state index in [9.17, 15) is 9.59 Å². The summed E-state index contributed by atoms with van der Waals surface area (Å²) in [6.45, 7) is 17.4. The monoisotopic (exact) mass is 716 g/mol. The Kier molecular flexibility index (Phi) is 12.4. The number of benzene rings is 3. The normalized spacial score (nSPS) is 18.0. The summed E-state index contributed by atoms with van der Waals surface area (Å²) in [4.78, 5) is 30.8. The number of methoxy groups -OCH3 is 1. The zero-order valence-corrected chi connectivity index (χ0v) is 32.2. The first-order valence-electron chi connectivity index (χ1n) is 17.6. The van der Waals surface area contributed by atoms with E-state index in [1.807, 2.05) is 69.3 Å². The second-order valence-electron chi connectivity index (χ2n) is 14.6. The molecule has 0 bridgehead atoms. The Morgan fingerprint density at radius 1 is 0.863 bits per heavy atom.